The fraction of sp³-hybridized carbons (Fsp3) is 0.593. The summed E-state index contributed by atoms with van der Waals surface area (Å²) in [6.07, 6.45) is 21.3. The van der Waals surface area contributed by atoms with Crippen molar-refractivity contribution in [2.45, 2.75) is 173 Å². The van der Waals surface area contributed by atoms with Gasteiger partial charge in [0.2, 0.25) is 12.1 Å². The first kappa shape index (κ1) is 54.9. The Morgan fingerprint density at radius 1 is 0.889 bits per heavy atom. The number of carbonyl (C=O) groups excluding carboxylic acids is 1. The van der Waals surface area contributed by atoms with E-state index in [0.717, 1.165) is 68.9 Å². The van der Waals surface area contributed by atoms with E-state index in [9.17, 15) is 19.0 Å². The molecule has 1 unspecified atom stereocenters. The molecule has 7 atom stereocenters. The van der Waals surface area contributed by atoms with Crippen LogP contribution in [-0.4, -0.2) is 78.1 Å². The number of nitrogens with zero attached hydrogens (tertiary/aromatic N) is 2. The Morgan fingerprint density at radius 2 is 1.62 bits per heavy atom. The van der Waals surface area contributed by atoms with Crippen molar-refractivity contribution in [3.63, 3.8) is 0 Å². The lowest BCUT2D eigenvalue weighted by atomic mass is 9.55. The predicted molar refractivity (Wildman–Crippen MR) is 276 cm³/mol. The number of hydrogen-bond acceptors (Lipinski definition) is 10. The minimum atomic E-state index is -1.55. The van der Waals surface area contributed by atoms with Gasteiger partial charge in [-0.15, -0.1) is 6.58 Å². The Labute approximate surface area is 426 Å². The molecule has 0 bridgehead atoms. The number of ether oxygens (including phenoxy) is 5. The van der Waals surface area contributed by atoms with E-state index in [4.69, 9.17) is 33.7 Å². The van der Waals surface area contributed by atoms with Crippen molar-refractivity contribution in [3.8, 4) is 11.5 Å². The number of hydrogen-bond donors (Lipinski definition) is 2. The summed E-state index contributed by atoms with van der Waals surface area (Å²) in [5, 5.41) is 25.1. The monoisotopic (exact) mass is 999 g/mol. The number of carbonyl (C=O) groups is 1. The summed E-state index contributed by atoms with van der Waals surface area (Å²) in [5.41, 5.74) is 3.51. The number of amides is 1. The predicted octanol–water partition coefficient (Wildman–Crippen LogP) is 13.3. The van der Waals surface area contributed by atoms with Gasteiger partial charge in [0, 0.05) is 49.6 Å². The maximum absolute atomic E-state index is 15.1. The zero-order chi connectivity index (χ0) is 50.5. The standard InChI is InChI=1S/C59H80F2N2O9/c1-3-5-6-7-8-9-10-11-12-20-37-68-58(66)63(41-43-27-29-46(60)30-28-43)54-40-52(62-72-55-26-17-21-36-67-55)49-38-44(22-15-18-33-64)48(24-16-19-34-65)56-50-39-47(69-42-45-23-13-14-25-51(45)61)31-32-53(50)71-59(54,57(49)56)70-35-4-2/h4,13-14,23,25,27-32,38-39,44,48,54-57,64-65H,2-3,5-12,15-22,24,26,33-37,40-42H2,1H3/t44-,48+,54-,55?,56+,57+,59+/m0/s1. The summed E-state index contributed by atoms with van der Waals surface area (Å²) in [6.45, 7) is 7.37. The molecule has 1 saturated heterocycles. The summed E-state index contributed by atoms with van der Waals surface area (Å²) in [5.74, 6) is -2.13. The van der Waals surface area contributed by atoms with Gasteiger partial charge in [-0.1, -0.05) is 125 Å². The van der Waals surface area contributed by atoms with Crippen molar-refractivity contribution >= 4 is 11.8 Å². The van der Waals surface area contributed by atoms with E-state index in [1.54, 1.807) is 41.3 Å². The second-order valence-corrected chi connectivity index (χ2v) is 20.1. The van der Waals surface area contributed by atoms with Gasteiger partial charge in [-0.05, 0) is 104 Å². The van der Waals surface area contributed by atoms with E-state index in [0.29, 0.717) is 60.6 Å². The molecule has 2 N–H and O–H groups in total. The van der Waals surface area contributed by atoms with Crippen LogP contribution in [0.3, 0.4) is 0 Å². The summed E-state index contributed by atoms with van der Waals surface area (Å²) < 4.78 is 62.7. The molecule has 2 aliphatic heterocycles. The van der Waals surface area contributed by atoms with Gasteiger partial charge in [-0.25, -0.2) is 13.6 Å². The van der Waals surface area contributed by atoms with Crippen LogP contribution in [0.25, 0.3) is 0 Å². The number of unbranched alkanes of at least 4 members (excludes halogenated alkanes) is 11. The Kier molecular flexibility index (Phi) is 21.8. The second-order valence-electron chi connectivity index (χ2n) is 20.1. The molecule has 0 spiro atoms. The molecule has 3 aromatic rings. The number of aliphatic hydroxyl groups is 2. The molecule has 394 valence electrons. The number of oxime groups is 1. The van der Waals surface area contributed by atoms with Crippen LogP contribution in [0, 0.1) is 29.4 Å². The van der Waals surface area contributed by atoms with E-state index < -0.39 is 30.1 Å². The molecule has 13 heteroatoms. The molecule has 0 radical (unpaired) electrons. The van der Waals surface area contributed by atoms with Crippen molar-refractivity contribution in [2.24, 2.45) is 22.9 Å². The third-order valence-corrected chi connectivity index (χ3v) is 15.0. The Hall–Kier alpha value is -4.82. The van der Waals surface area contributed by atoms with Gasteiger partial charge in [0.05, 0.1) is 31.5 Å². The van der Waals surface area contributed by atoms with Gasteiger partial charge in [0.1, 0.15) is 35.8 Å². The normalized spacial score (nSPS) is 23.8. The van der Waals surface area contributed by atoms with Crippen molar-refractivity contribution < 1.29 is 52.3 Å². The van der Waals surface area contributed by atoms with E-state index in [1.807, 2.05) is 18.2 Å². The number of rotatable bonds is 30. The maximum Gasteiger partial charge on any atom is 0.410 e. The Bertz CT molecular complexity index is 2200. The van der Waals surface area contributed by atoms with Crippen LogP contribution in [0.1, 0.15) is 158 Å². The topological polar surface area (TPSA) is 129 Å². The van der Waals surface area contributed by atoms with E-state index >= 15 is 4.79 Å². The first-order valence-electron chi connectivity index (χ1n) is 27.2. The Morgan fingerprint density at radius 3 is 2.33 bits per heavy atom. The molecule has 0 aromatic heterocycles. The zero-order valence-electron chi connectivity index (χ0n) is 42.7. The average molecular weight is 999 g/mol. The number of halogens is 2. The highest BCUT2D eigenvalue weighted by atomic mass is 19.1. The SMILES string of the molecule is C=CCO[C@@]12Oc3ccc(OCc4ccccc4F)cc3[C@H]3[C@H](CCCCO)[C@@H](CCCCO)C=C(C(=NOC4CCCCO4)C[C@@H]1N(Cc1ccc(F)cc1)C(=O)OCCCCCCCCCCCC)[C@H]32. The lowest BCUT2D eigenvalue weighted by molar-refractivity contribution is -0.256. The minimum absolute atomic E-state index is 0.00607. The largest absolute Gasteiger partial charge is 0.489 e. The molecule has 1 amide bonds. The van der Waals surface area contributed by atoms with Crippen LogP contribution >= 0.6 is 0 Å². The highest BCUT2D eigenvalue weighted by Crippen LogP contribution is 2.62. The van der Waals surface area contributed by atoms with Gasteiger partial charge < -0.3 is 38.7 Å². The average Bonchev–Trinajstić information content (AvgIpc) is 3.40. The quantitative estimate of drug-likeness (QED) is 0.0381. The summed E-state index contributed by atoms with van der Waals surface area (Å²) in [6, 6.07) is 17.5. The van der Waals surface area contributed by atoms with Gasteiger partial charge >= 0.3 is 6.09 Å². The first-order chi connectivity index (χ1) is 35.3. The molecule has 3 aromatic carbocycles. The maximum atomic E-state index is 15.1. The fourth-order valence-electron chi connectivity index (χ4n) is 11.4. The molecule has 72 heavy (non-hydrogen) atoms. The molecule has 2 fully saturated rings. The summed E-state index contributed by atoms with van der Waals surface area (Å²) in [7, 11) is 0. The van der Waals surface area contributed by atoms with E-state index in [-0.39, 0.29) is 75.4 Å². The van der Waals surface area contributed by atoms with Gasteiger partial charge in [-0.2, -0.15) is 0 Å². The van der Waals surface area contributed by atoms with Gasteiger partial charge in [0.25, 0.3) is 0 Å². The molecular formula is C59H80F2N2O9. The molecule has 2 aliphatic carbocycles. The van der Waals surface area contributed by atoms with Gasteiger partial charge in [0.15, 0.2) is 0 Å². The lowest BCUT2D eigenvalue weighted by Crippen LogP contribution is -2.70. The molecule has 4 aliphatic rings. The molecule has 2 heterocycles. The van der Waals surface area contributed by atoms with E-state index in [2.05, 4.69) is 19.6 Å². The van der Waals surface area contributed by atoms with Crippen molar-refractivity contribution in [1.82, 2.24) is 4.90 Å². The highest BCUT2D eigenvalue weighted by Gasteiger charge is 2.66. The van der Waals surface area contributed by atoms with Crippen LogP contribution in [0.5, 0.6) is 11.5 Å². The second kappa shape index (κ2) is 28.6. The molecular weight excluding hydrogens is 919 g/mol. The number of benzene rings is 3. The third-order valence-electron chi connectivity index (χ3n) is 15.0. The smallest absolute Gasteiger partial charge is 0.410 e. The molecule has 1 saturated carbocycles. The lowest BCUT2D eigenvalue weighted by Gasteiger charge is -2.60. The van der Waals surface area contributed by atoms with Crippen LogP contribution in [0.15, 0.2) is 96.2 Å². The number of allylic oxidation sites excluding steroid dienone is 1. The number of aliphatic hydroxyl groups excluding tert-OH is 2. The first-order valence-corrected chi connectivity index (χ1v) is 27.2. The minimum Gasteiger partial charge on any atom is -0.489 e. The van der Waals surface area contributed by atoms with Crippen LogP contribution < -0.4 is 9.47 Å². The van der Waals surface area contributed by atoms with E-state index in [1.165, 1.54) is 56.7 Å². The molecule has 7 rings (SSSR count). The van der Waals surface area contributed by atoms with Crippen LogP contribution in [-0.2, 0) is 32.2 Å². The molecule has 11 nitrogen and oxygen atoms in total. The van der Waals surface area contributed by atoms with Gasteiger partial charge in [-0.3, -0.25) is 4.90 Å². The van der Waals surface area contributed by atoms with Crippen LogP contribution in [0.4, 0.5) is 13.6 Å². The fourth-order valence-corrected chi connectivity index (χ4v) is 11.4. The summed E-state index contributed by atoms with van der Waals surface area (Å²) in [4.78, 5) is 23.1. The Balaban J connectivity index is 1.33. The zero-order valence-corrected chi connectivity index (χ0v) is 42.7. The third kappa shape index (κ3) is 14.5. The van der Waals surface area contributed by atoms with Crippen LogP contribution in [0.2, 0.25) is 0 Å². The highest BCUT2D eigenvalue weighted by molar-refractivity contribution is 6.03. The van der Waals surface area contributed by atoms with Crippen molar-refractivity contribution in [2.75, 3.05) is 33.0 Å². The summed E-state index contributed by atoms with van der Waals surface area (Å²) >= 11 is 0. The number of fused-ring (bicyclic) bond motifs is 2. The van der Waals surface area contributed by atoms with Crippen molar-refractivity contribution in [1.29, 1.82) is 0 Å². The van der Waals surface area contributed by atoms with Crippen molar-refractivity contribution in [3.05, 3.63) is 119 Å².